The Labute approximate surface area is 152 Å². The SMILES string of the molecule is COCc1nc(CCOC2CCCN(C(=O)Cn3cc(C)cn3)C2)no1. The van der Waals surface area contributed by atoms with Gasteiger partial charge in [0.05, 0.1) is 18.9 Å². The average molecular weight is 363 g/mol. The zero-order valence-electron chi connectivity index (χ0n) is 15.3. The summed E-state index contributed by atoms with van der Waals surface area (Å²) in [4.78, 5) is 18.5. The van der Waals surface area contributed by atoms with E-state index in [0.717, 1.165) is 24.9 Å². The number of hydrogen-bond donors (Lipinski definition) is 0. The topological polar surface area (TPSA) is 95.5 Å². The zero-order valence-corrected chi connectivity index (χ0v) is 15.3. The number of aryl methyl sites for hydroxylation is 1. The van der Waals surface area contributed by atoms with Crippen LogP contribution in [0.15, 0.2) is 16.9 Å². The monoisotopic (exact) mass is 363 g/mol. The van der Waals surface area contributed by atoms with Crippen molar-refractivity contribution in [2.75, 3.05) is 26.8 Å². The zero-order chi connectivity index (χ0) is 18.4. The molecule has 1 unspecified atom stereocenters. The van der Waals surface area contributed by atoms with E-state index in [0.29, 0.717) is 37.9 Å². The number of nitrogens with zero attached hydrogens (tertiary/aromatic N) is 5. The molecule has 9 heteroatoms. The summed E-state index contributed by atoms with van der Waals surface area (Å²) in [5.41, 5.74) is 1.05. The molecule has 3 rings (SSSR count). The van der Waals surface area contributed by atoms with Crippen molar-refractivity contribution in [1.29, 1.82) is 0 Å². The summed E-state index contributed by atoms with van der Waals surface area (Å²) in [6, 6.07) is 0. The van der Waals surface area contributed by atoms with Crippen LogP contribution in [0, 0.1) is 6.92 Å². The number of amides is 1. The van der Waals surface area contributed by atoms with E-state index in [1.807, 2.05) is 18.0 Å². The highest BCUT2D eigenvalue weighted by Gasteiger charge is 2.24. The van der Waals surface area contributed by atoms with E-state index in [4.69, 9.17) is 14.0 Å². The van der Waals surface area contributed by atoms with Gasteiger partial charge in [-0.05, 0) is 25.3 Å². The highest BCUT2D eigenvalue weighted by atomic mass is 16.5. The van der Waals surface area contributed by atoms with Crippen molar-refractivity contribution in [2.24, 2.45) is 0 Å². The maximum Gasteiger partial charge on any atom is 0.252 e. The van der Waals surface area contributed by atoms with Crippen molar-refractivity contribution in [1.82, 2.24) is 24.8 Å². The summed E-state index contributed by atoms with van der Waals surface area (Å²) >= 11 is 0. The minimum absolute atomic E-state index is 0.0393. The van der Waals surface area contributed by atoms with Crippen LogP contribution in [-0.4, -0.2) is 63.6 Å². The molecule has 2 aromatic heterocycles. The molecule has 1 atom stereocenters. The average Bonchev–Trinajstić information content (AvgIpc) is 3.24. The largest absolute Gasteiger partial charge is 0.376 e. The lowest BCUT2D eigenvalue weighted by Crippen LogP contribution is -2.44. The van der Waals surface area contributed by atoms with Crippen LogP contribution in [0.2, 0.25) is 0 Å². The third-order valence-corrected chi connectivity index (χ3v) is 4.25. The van der Waals surface area contributed by atoms with Gasteiger partial charge in [0.25, 0.3) is 5.89 Å². The van der Waals surface area contributed by atoms with Crippen LogP contribution < -0.4 is 0 Å². The van der Waals surface area contributed by atoms with Crippen molar-refractivity contribution in [3.63, 3.8) is 0 Å². The van der Waals surface area contributed by atoms with Gasteiger partial charge in [-0.2, -0.15) is 10.1 Å². The number of hydrogen-bond acceptors (Lipinski definition) is 7. The molecule has 1 fully saturated rings. The Morgan fingerprint density at radius 3 is 3.12 bits per heavy atom. The van der Waals surface area contributed by atoms with Crippen molar-refractivity contribution in [3.8, 4) is 0 Å². The molecule has 0 N–H and O–H groups in total. The van der Waals surface area contributed by atoms with E-state index in [1.165, 1.54) is 0 Å². The van der Waals surface area contributed by atoms with Gasteiger partial charge in [-0.15, -0.1) is 0 Å². The molecule has 0 bridgehead atoms. The smallest absolute Gasteiger partial charge is 0.252 e. The molecule has 1 aliphatic rings. The lowest BCUT2D eigenvalue weighted by molar-refractivity contribution is -0.136. The maximum absolute atomic E-state index is 12.4. The molecule has 2 aromatic rings. The molecule has 0 radical (unpaired) electrons. The van der Waals surface area contributed by atoms with Gasteiger partial charge in [-0.25, -0.2) is 0 Å². The van der Waals surface area contributed by atoms with E-state index in [-0.39, 0.29) is 18.6 Å². The summed E-state index contributed by atoms with van der Waals surface area (Å²) in [6.07, 6.45) is 6.13. The highest BCUT2D eigenvalue weighted by Crippen LogP contribution is 2.14. The second-order valence-corrected chi connectivity index (χ2v) is 6.48. The first-order chi connectivity index (χ1) is 12.6. The molecule has 142 valence electrons. The number of aromatic nitrogens is 4. The van der Waals surface area contributed by atoms with Gasteiger partial charge < -0.3 is 18.9 Å². The summed E-state index contributed by atoms with van der Waals surface area (Å²) in [6.45, 7) is 4.41. The van der Waals surface area contributed by atoms with Crippen molar-refractivity contribution in [2.45, 2.75) is 45.4 Å². The van der Waals surface area contributed by atoms with Gasteiger partial charge in [0.15, 0.2) is 5.82 Å². The molecular formula is C17H25N5O4. The third kappa shape index (κ3) is 5.12. The van der Waals surface area contributed by atoms with E-state index < -0.39 is 0 Å². The Kier molecular flexibility index (Phi) is 6.35. The first-order valence-electron chi connectivity index (χ1n) is 8.83. The van der Waals surface area contributed by atoms with Gasteiger partial charge in [-0.1, -0.05) is 5.16 Å². The fourth-order valence-corrected chi connectivity index (χ4v) is 2.98. The first kappa shape index (κ1) is 18.5. The Hall–Kier alpha value is -2.26. The molecule has 1 aliphatic heterocycles. The second-order valence-electron chi connectivity index (χ2n) is 6.48. The van der Waals surface area contributed by atoms with E-state index in [2.05, 4.69) is 15.2 Å². The maximum atomic E-state index is 12.4. The van der Waals surface area contributed by atoms with Crippen LogP contribution in [0.5, 0.6) is 0 Å². The molecule has 0 saturated carbocycles. The van der Waals surface area contributed by atoms with Crippen molar-refractivity contribution in [3.05, 3.63) is 29.7 Å². The highest BCUT2D eigenvalue weighted by molar-refractivity contribution is 5.76. The van der Waals surface area contributed by atoms with Crippen LogP contribution in [0.1, 0.15) is 30.1 Å². The summed E-state index contributed by atoms with van der Waals surface area (Å²) in [5.74, 6) is 1.14. The summed E-state index contributed by atoms with van der Waals surface area (Å²) in [5, 5.41) is 8.06. The standard InChI is InChI=1S/C17H25N5O4/c1-13-8-18-22(9-13)11-17(23)21-6-3-4-14(10-21)25-7-5-15-19-16(12-24-2)26-20-15/h8-9,14H,3-7,10-12H2,1-2H3. The van der Waals surface area contributed by atoms with E-state index in [9.17, 15) is 4.79 Å². The predicted molar refractivity (Wildman–Crippen MR) is 91.2 cm³/mol. The van der Waals surface area contributed by atoms with Crippen LogP contribution in [-0.2, 0) is 33.8 Å². The number of piperidine rings is 1. The number of rotatable bonds is 8. The molecule has 0 aromatic carbocycles. The minimum Gasteiger partial charge on any atom is -0.376 e. The second kappa shape index (κ2) is 8.91. The third-order valence-electron chi connectivity index (χ3n) is 4.25. The van der Waals surface area contributed by atoms with Crippen LogP contribution in [0.4, 0.5) is 0 Å². The Bertz CT molecular complexity index is 714. The van der Waals surface area contributed by atoms with Gasteiger partial charge in [-0.3, -0.25) is 9.48 Å². The number of likely N-dealkylation sites (tertiary alicyclic amines) is 1. The van der Waals surface area contributed by atoms with E-state index >= 15 is 0 Å². The van der Waals surface area contributed by atoms with Gasteiger partial charge >= 0.3 is 0 Å². The van der Waals surface area contributed by atoms with Gasteiger partial charge in [0, 0.05) is 32.8 Å². The molecule has 1 saturated heterocycles. The minimum atomic E-state index is 0.0393. The van der Waals surface area contributed by atoms with Crippen LogP contribution in [0.25, 0.3) is 0 Å². The van der Waals surface area contributed by atoms with E-state index in [1.54, 1.807) is 18.0 Å². The fourth-order valence-electron chi connectivity index (χ4n) is 2.98. The lowest BCUT2D eigenvalue weighted by Gasteiger charge is -2.32. The molecule has 9 nitrogen and oxygen atoms in total. The normalized spacial score (nSPS) is 17.6. The first-order valence-corrected chi connectivity index (χ1v) is 8.83. The lowest BCUT2D eigenvalue weighted by atomic mass is 10.1. The van der Waals surface area contributed by atoms with Gasteiger partial charge in [0.1, 0.15) is 13.2 Å². The van der Waals surface area contributed by atoms with Gasteiger partial charge in [0.2, 0.25) is 5.91 Å². The molecule has 26 heavy (non-hydrogen) atoms. The molecular weight excluding hydrogens is 338 g/mol. The Morgan fingerprint density at radius 1 is 1.46 bits per heavy atom. The molecule has 0 aliphatic carbocycles. The summed E-state index contributed by atoms with van der Waals surface area (Å²) in [7, 11) is 1.58. The summed E-state index contributed by atoms with van der Waals surface area (Å²) < 4.78 is 17.6. The number of ether oxygens (including phenoxy) is 2. The van der Waals surface area contributed by atoms with Crippen LogP contribution in [0.3, 0.4) is 0 Å². The van der Waals surface area contributed by atoms with Crippen molar-refractivity contribution >= 4 is 5.91 Å². The van der Waals surface area contributed by atoms with Crippen LogP contribution >= 0.6 is 0 Å². The number of carbonyl (C=O) groups excluding carboxylic acids is 1. The number of carbonyl (C=O) groups is 1. The quantitative estimate of drug-likeness (QED) is 0.689. The molecule has 0 spiro atoms. The Balaban J connectivity index is 1.42. The Morgan fingerprint density at radius 2 is 2.35 bits per heavy atom. The fraction of sp³-hybridized carbons (Fsp3) is 0.647. The molecule has 3 heterocycles. The van der Waals surface area contributed by atoms with Crippen molar-refractivity contribution < 1.29 is 18.8 Å². The molecule has 1 amide bonds. The predicted octanol–water partition coefficient (Wildman–Crippen LogP) is 0.971. The number of methoxy groups -OCH3 is 1.